The normalized spacial score (nSPS) is 15.2. The molecule has 4 aromatic heterocycles. The van der Waals surface area contributed by atoms with Gasteiger partial charge in [-0.15, -0.1) is 0 Å². The van der Waals surface area contributed by atoms with Gasteiger partial charge in [0, 0.05) is 24.3 Å². The number of hydrogen-bond acceptors (Lipinski definition) is 6. The highest BCUT2D eigenvalue weighted by Crippen LogP contribution is 2.30. The van der Waals surface area contributed by atoms with Gasteiger partial charge in [0.1, 0.15) is 0 Å². The number of aromatic nitrogens is 5. The minimum absolute atomic E-state index is 0.195. The number of fused-ring (bicyclic) bond motifs is 1. The smallest absolute Gasteiger partial charge is 0.0928 e. The predicted molar refractivity (Wildman–Crippen MR) is 113 cm³/mol. The maximum absolute atomic E-state index is 9.76. The number of rotatable bonds is 3. The Labute approximate surface area is 168 Å². The number of pyridine rings is 3. The summed E-state index contributed by atoms with van der Waals surface area (Å²) in [5, 5.41) is 17.0. The van der Waals surface area contributed by atoms with E-state index in [4.69, 9.17) is 4.98 Å². The van der Waals surface area contributed by atoms with Crippen LogP contribution in [-0.4, -0.2) is 49.4 Å². The van der Waals surface area contributed by atoms with Crippen molar-refractivity contribution < 1.29 is 5.11 Å². The number of H-pyrrole nitrogens is 1. The first kappa shape index (κ1) is 17.8. The highest BCUT2D eigenvalue weighted by Gasteiger charge is 2.18. The van der Waals surface area contributed by atoms with Crippen molar-refractivity contribution in [2.45, 2.75) is 25.9 Å². The molecular weight excluding hydrogens is 364 g/mol. The van der Waals surface area contributed by atoms with E-state index in [1.165, 1.54) is 0 Å². The molecule has 7 heteroatoms. The number of hydrogen-bond donors (Lipinski definition) is 2. The van der Waals surface area contributed by atoms with E-state index in [9.17, 15) is 5.11 Å². The highest BCUT2D eigenvalue weighted by atomic mass is 16.3. The van der Waals surface area contributed by atoms with Crippen LogP contribution in [0.15, 0.2) is 48.8 Å². The molecule has 1 aliphatic rings. The Morgan fingerprint density at radius 1 is 1.00 bits per heavy atom. The maximum Gasteiger partial charge on any atom is 0.0928 e. The van der Waals surface area contributed by atoms with Crippen LogP contribution in [0.3, 0.4) is 0 Å². The monoisotopic (exact) mass is 386 g/mol. The average molecular weight is 386 g/mol. The molecule has 0 spiro atoms. The summed E-state index contributed by atoms with van der Waals surface area (Å²) in [5.74, 6) is 0. The number of piperidine rings is 1. The molecule has 0 bridgehead atoms. The number of aliphatic hydroxyl groups is 1. The quantitative estimate of drug-likeness (QED) is 0.561. The zero-order chi connectivity index (χ0) is 19.8. The van der Waals surface area contributed by atoms with Crippen LogP contribution in [0.4, 0.5) is 5.69 Å². The zero-order valence-corrected chi connectivity index (χ0v) is 16.2. The number of aryl methyl sites for hydroxylation is 1. The Balaban J connectivity index is 1.53. The molecule has 0 saturated carbocycles. The molecule has 7 nitrogen and oxygen atoms in total. The lowest BCUT2D eigenvalue weighted by molar-refractivity contribution is 0.145. The minimum atomic E-state index is -0.195. The number of nitrogens with zero attached hydrogens (tertiary/aromatic N) is 5. The number of anilines is 1. The highest BCUT2D eigenvalue weighted by molar-refractivity contribution is 5.84. The van der Waals surface area contributed by atoms with Crippen LogP contribution in [0.25, 0.3) is 33.7 Å². The van der Waals surface area contributed by atoms with E-state index in [0.717, 1.165) is 71.0 Å². The van der Waals surface area contributed by atoms with Crippen LogP contribution in [0.2, 0.25) is 0 Å². The molecule has 5 rings (SSSR count). The second kappa shape index (κ2) is 7.25. The Bertz CT molecular complexity index is 1160. The molecule has 1 fully saturated rings. The van der Waals surface area contributed by atoms with Crippen LogP contribution in [0.1, 0.15) is 18.5 Å². The Morgan fingerprint density at radius 2 is 1.86 bits per heavy atom. The van der Waals surface area contributed by atoms with Crippen molar-refractivity contribution in [1.29, 1.82) is 0 Å². The lowest BCUT2D eigenvalue weighted by Crippen LogP contribution is -2.35. The molecule has 146 valence electrons. The molecule has 0 atom stereocenters. The SMILES string of the molecule is Cc1cccc(-c2[nH]ncc2-c2ccc3ncc(N4CCC(O)CC4)cc3n2)n1. The standard InChI is InChI=1S/C22H22N6O/c1-14-3-2-4-20(25-14)22-17(13-24-27-22)18-5-6-19-21(26-18)11-15(12-23-19)28-9-7-16(29)8-10-28/h2-6,11-13,16,29H,7-10H2,1H3,(H,24,27). The fourth-order valence-electron chi connectivity index (χ4n) is 3.80. The summed E-state index contributed by atoms with van der Waals surface area (Å²) >= 11 is 0. The molecule has 29 heavy (non-hydrogen) atoms. The van der Waals surface area contributed by atoms with Crippen molar-refractivity contribution >= 4 is 16.7 Å². The van der Waals surface area contributed by atoms with Crippen LogP contribution < -0.4 is 4.90 Å². The molecule has 0 aliphatic carbocycles. The fourth-order valence-corrected chi connectivity index (χ4v) is 3.80. The lowest BCUT2D eigenvalue weighted by Gasteiger charge is -2.31. The van der Waals surface area contributed by atoms with E-state index >= 15 is 0 Å². The molecule has 1 aliphatic heterocycles. The fraction of sp³-hybridized carbons (Fsp3) is 0.273. The van der Waals surface area contributed by atoms with Crippen molar-refractivity contribution in [1.82, 2.24) is 25.1 Å². The molecule has 0 radical (unpaired) electrons. The molecule has 2 N–H and O–H groups in total. The third kappa shape index (κ3) is 3.45. The van der Waals surface area contributed by atoms with Gasteiger partial charge in [0.15, 0.2) is 0 Å². The first-order valence-corrected chi connectivity index (χ1v) is 9.85. The largest absolute Gasteiger partial charge is 0.393 e. The van der Waals surface area contributed by atoms with Crippen molar-refractivity contribution in [2.75, 3.05) is 18.0 Å². The minimum Gasteiger partial charge on any atom is -0.393 e. The van der Waals surface area contributed by atoms with E-state index in [-0.39, 0.29) is 6.10 Å². The van der Waals surface area contributed by atoms with E-state index in [0.29, 0.717) is 0 Å². The van der Waals surface area contributed by atoms with Gasteiger partial charge in [0.25, 0.3) is 0 Å². The van der Waals surface area contributed by atoms with Gasteiger partial charge < -0.3 is 10.0 Å². The van der Waals surface area contributed by atoms with Gasteiger partial charge in [-0.2, -0.15) is 5.10 Å². The van der Waals surface area contributed by atoms with E-state index in [1.54, 1.807) is 6.20 Å². The molecule has 0 aromatic carbocycles. The summed E-state index contributed by atoms with van der Waals surface area (Å²) < 4.78 is 0. The molecule has 4 aromatic rings. The Kier molecular flexibility index (Phi) is 4.44. The predicted octanol–water partition coefficient (Wildman–Crippen LogP) is 3.35. The van der Waals surface area contributed by atoms with Crippen molar-refractivity contribution in [2.24, 2.45) is 0 Å². The van der Waals surface area contributed by atoms with Gasteiger partial charge >= 0.3 is 0 Å². The number of nitrogens with one attached hydrogen (secondary N) is 1. The van der Waals surface area contributed by atoms with Crippen molar-refractivity contribution in [3.63, 3.8) is 0 Å². The van der Waals surface area contributed by atoms with Crippen LogP contribution >= 0.6 is 0 Å². The topological polar surface area (TPSA) is 90.8 Å². The molecular formula is C22H22N6O. The summed E-state index contributed by atoms with van der Waals surface area (Å²) in [6.45, 7) is 3.64. The summed E-state index contributed by atoms with van der Waals surface area (Å²) in [6.07, 6.45) is 5.05. The zero-order valence-electron chi connectivity index (χ0n) is 16.2. The molecule has 0 unspecified atom stereocenters. The van der Waals surface area contributed by atoms with Crippen molar-refractivity contribution in [3.8, 4) is 22.6 Å². The van der Waals surface area contributed by atoms with E-state index < -0.39 is 0 Å². The summed E-state index contributed by atoms with van der Waals surface area (Å²) in [5.41, 5.74) is 7.14. The van der Waals surface area contributed by atoms with Crippen LogP contribution in [0.5, 0.6) is 0 Å². The summed E-state index contributed by atoms with van der Waals surface area (Å²) in [4.78, 5) is 16.3. The third-order valence-electron chi connectivity index (χ3n) is 5.41. The molecule has 1 saturated heterocycles. The maximum atomic E-state index is 9.76. The van der Waals surface area contributed by atoms with Gasteiger partial charge in [-0.25, -0.2) is 4.98 Å². The van der Waals surface area contributed by atoms with Crippen molar-refractivity contribution in [3.05, 3.63) is 54.5 Å². The number of aromatic amines is 1. The Hall–Kier alpha value is -3.32. The van der Waals surface area contributed by atoms with Gasteiger partial charge in [0.2, 0.25) is 0 Å². The molecule has 0 amide bonds. The third-order valence-corrected chi connectivity index (χ3v) is 5.41. The van der Waals surface area contributed by atoms with Crippen LogP contribution in [0, 0.1) is 6.92 Å². The molecule has 5 heterocycles. The van der Waals surface area contributed by atoms with Gasteiger partial charge in [-0.1, -0.05) is 6.07 Å². The summed E-state index contributed by atoms with van der Waals surface area (Å²) in [7, 11) is 0. The van der Waals surface area contributed by atoms with E-state index in [1.807, 2.05) is 43.5 Å². The lowest BCUT2D eigenvalue weighted by atomic mass is 10.1. The van der Waals surface area contributed by atoms with Gasteiger partial charge in [-0.05, 0) is 50.1 Å². The second-order valence-corrected chi connectivity index (χ2v) is 7.47. The number of aliphatic hydroxyl groups excluding tert-OH is 1. The summed E-state index contributed by atoms with van der Waals surface area (Å²) in [6, 6.07) is 12.0. The van der Waals surface area contributed by atoms with Crippen LogP contribution in [-0.2, 0) is 0 Å². The van der Waals surface area contributed by atoms with Gasteiger partial charge in [0.05, 0.1) is 52.3 Å². The van der Waals surface area contributed by atoms with E-state index in [2.05, 4.69) is 31.1 Å². The average Bonchev–Trinajstić information content (AvgIpc) is 3.23. The first-order valence-electron chi connectivity index (χ1n) is 9.85. The second-order valence-electron chi connectivity index (χ2n) is 7.47. The Morgan fingerprint density at radius 3 is 2.69 bits per heavy atom. The first-order chi connectivity index (χ1) is 14.2. The van der Waals surface area contributed by atoms with Gasteiger partial charge in [-0.3, -0.25) is 15.1 Å².